The van der Waals surface area contributed by atoms with Gasteiger partial charge in [0.2, 0.25) is 0 Å². The second-order valence-corrected chi connectivity index (χ2v) is 3.17. The summed E-state index contributed by atoms with van der Waals surface area (Å²) in [5.74, 6) is 0. The summed E-state index contributed by atoms with van der Waals surface area (Å²) in [6.07, 6.45) is 3.85. The monoisotopic (exact) mass is 182 g/mol. The highest BCUT2D eigenvalue weighted by molar-refractivity contribution is 7.94. The van der Waals surface area contributed by atoms with E-state index in [1.807, 2.05) is 18.2 Å². The molecule has 0 aromatic heterocycles. The van der Waals surface area contributed by atoms with Gasteiger partial charge in [-0.1, -0.05) is 18.2 Å². The highest BCUT2D eigenvalue weighted by atomic mass is 32.2. The van der Waals surface area contributed by atoms with Gasteiger partial charge in [0.05, 0.1) is 12.1 Å². The normalized spacial score (nSPS) is 9.75. The van der Waals surface area contributed by atoms with Crippen LogP contribution in [0.15, 0.2) is 41.8 Å². The molecule has 0 heterocycles. The Morgan fingerprint density at radius 3 is 2.50 bits per heavy atom. The zero-order valence-corrected chi connectivity index (χ0v) is 7.61. The summed E-state index contributed by atoms with van der Waals surface area (Å²) >= 11 is 0.281. The van der Waals surface area contributed by atoms with E-state index in [1.54, 1.807) is 12.1 Å². The number of hydrogen-bond acceptors (Lipinski definition) is 1. The molecule has 0 N–H and O–H groups in total. The van der Waals surface area contributed by atoms with Gasteiger partial charge in [-0.2, -0.15) is 3.89 Å². The van der Waals surface area contributed by atoms with Gasteiger partial charge < -0.3 is 0 Å². The molecule has 0 aliphatic rings. The summed E-state index contributed by atoms with van der Waals surface area (Å²) in [6, 6.07) is 7.49. The zero-order chi connectivity index (χ0) is 8.81. The fraction of sp³-hybridized carbons (Fsp3) is 0.200. The van der Waals surface area contributed by atoms with Crippen molar-refractivity contribution in [2.45, 2.75) is 17.7 Å². The lowest BCUT2D eigenvalue weighted by Gasteiger charge is -1.98. The standard InChI is InChI=1S/C10H11FS/c1-2-3-4-9-5-7-10(12-11)8-6-9/h2,5-8H,1,3-4H2. The van der Waals surface area contributed by atoms with Gasteiger partial charge >= 0.3 is 0 Å². The maximum absolute atomic E-state index is 12.0. The Morgan fingerprint density at radius 2 is 2.00 bits per heavy atom. The minimum Gasteiger partial charge on any atom is -0.160 e. The zero-order valence-electron chi connectivity index (χ0n) is 6.79. The van der Waals surface area contributed by atoms with Crippen molar-refractivity contribution in [1.29, 1.82) is 0 Å². The first kappa shape index (κ1) is 9.33. The maximum Gasteiger partial charge on any atom is 0.0812 e. The molecular weight excluding hydrogens is 171 g/mol. The van der Waals surface area contributed by atoms with E-state index in [1.165, 1.54) is 5.56 Å². The number of benzene rings is 1. The molecule has 0 fully saturated rings. The van der Waals surface area contributed by atoms with Gasteiger partial charge in [-0.3, -0.25) is 0 Å². The van der Waals surface area contributed by atoms with Crippen LogP contribution in [0.5, 0.6) is 0 Å². The Kier molecular flexibility index (Phi) is 3.88. The summed E-state index contributed by atoms with van der Waals surface area (Å²) in [4.78, 5) is 0.664. The number of hydrogen-bond donors (Lipinski definition) is 0. The van der Waals surface area contributed by atoms with E-state index in [2.05, 4.69) is 6.58 Å². The quantitative estimate of drug-likeness (QED) is 0.638. The molecule has 2 heteroatoms. The second-order valence-electron chi connectivity index (χ2n) is 2.55. The maximum atomic E-state index is 12.0. The van der Waals surface area contributed by atoms with Crippen LogP contribution in [0.2, 0.25) is 0 Å². The van der Waals surface area contributed by atoms with E-state index in [0.29, 0.717) is 4.90 Å². The molecule has 1 aromatic rings. The molecule has 0 aliphatic heterocycles. The SMILES string of the molecule is C=CCCc1ccc(SF)cc1. The van der Waals surface area contributed by atoms with Crippen molar-refractivity contribution in [3.05, 3.63) is 42.5 Å². The predicted octanol–water partition coefficient (Wildman–Crippen LogP) is 3.78. The van der Waals surface area contributed by atoms with Crippen molar-refractivity contribution < 1.29 is 3.89 Å². The van der Waals surface area contributed by atoms with E-state index in [9.17, 15) is 3.89 Å². The average Bonchev–Trinajstić information content (AvgIpc) is 2.15. The molecule has 0 aliphatic carbocycles. The summed E-state index contributed by atoms with van der Waals surface area (Å²) in [7, 11) is 0. The van der Waals surface area contributed by atoms with Crippen LogP contribution in [-0.4, -0.2) is 0 Å². The average molecular weight is 182 g/mol. The first-order chi connectivity index (χ1) is 5.86. The Hall–Kier alpha value is -0.760. The summed E-state index contributed by atoms with van der Waals surface area (Å²) in [5, 5.41) is 0. The summed E-state index contributed by atoms with van der Waals surface area (Å²) < 4.78 is 12.0. The van der Waals surface area contributed by atoms with Crippen molar-refractivity contribution in [3.8, 4) is 0 Å². The van der Waals surface area contributed by atoms with Crippen LogP contribution < -0.4 is 0 Å². The number of aryl methyl sites for hydroxylation is 1. The third-order valence-corrected chi connectivity index (χ3v) is 2.10. The Balaban J connectivity index is 2.58. The van der Waals surface area contributed by atoms with E-state index < -0.39 is 0 Å². The summed E-state index contributed by atoms with van der Waals surface area (Å²) in [5.41, 5.74) is 1.23. The lowest BCUT2D eigenvalue weighted by Crippen LogP contribution is -1.81. The van der Waals surface area contributed by atoms with Crippen molar-refractivity contribution >= 4 is 12.1 Å². The van der Waals surface area contributed by atoms with Gasteiger partial charge in [-0.05, 0) is 30.5 Å². The van der Waals surface area contributed by atoms with Crippen LogP contribution in [0, 0.1) is 0 Å². The minimum atomic E-state index is 0.281. The third-order valence-electron chi connectivity index (χ3n) is 1.65. The lowest BCUT2D eigenvalue weighted by atomic mass is 10.1. The fourth-order valence-corrected chi connectivity index (χ4v) is 1.22. The van der Waals surface area contributed by atoms with E-state index >= 15 is 0 Å². The van der Waals surface area contributed by atoms with Gasteiger partial charge in [0, 0.05) is 4.90 Å². The van der Waals surface area contributed by atoms with Crippen LogP contribution in [0.3, 0.4) is 0 Å². The molecule has 0 nitrogen and oxygen atoms in total. The molecule has 0 saturated carbocycles. The molecule has 0 unspecified atom stereocenters. The van der Waals surface area contributed by atoms with Gasteiger partial charge in [-0.15, -0.1) is 6.58 Å². The highest BCUT2D eigenvalue weighted by Gasteiger charge is 1.93. The van der Waals surface area contributed by atoms with Gasteiger partial charge in [-0.25, -0.2) is 0 Å². The van der Waals surface area contributed by atoms with E-state index in [-0.39, 0.29) is 12.1 Å². The molecule has 1 rings (SSSR count). The number of rotatable bonds is 4. The van der Waals surface area contributed by atoms with E-state index in [4.69, 9.17) is 0 Å². The van der Waals surface area contributed by atoms with Gasteiger partial charge in [0.25, 0.3) is 0 Å². The fourth-order valence-electron chi connectivity index (χ4n) is 0.976. The molecule has 0 atom stereocenters. The third kappa shape index (κ3) is 2.70. The Morgan fingerprint density at radius 1 is 1.33 bits per heavy atom. The van der Waals surface area contributed by atoms with Crippen LogP contribution >= 0.6 is 12.1 Å². The van der Waals surface area contributed by atoms with Crippen LogP contribution in [0.25, 0.3) is 0 Å². The van der Waals surface area contributed by atoms with Gasteiger partial charge in [0.15, 0.2) is 0 Å². The van der Waals surface area contributed by atoms with Crippen molar-refractivity contribution in [3.63, 3.8) is 0 Å². The highest BCUT2D eigenvalue weighted by Crippen LogP contribution is 2.19. The molecule has 0 radical (unpaired) electrons. The predicted molar refractivity (Wildman–Crippen MR) is 51.9 cm³/mol. The molecule has 0 saturated heterocycles. The second kappa shape index (κ2) is 4.99. The number of halogens is 1. The first-order valence-electron chi connectivity index (χ1n) is 3.85. The van der Waals surface area contributed by atoms with Crippen molar-refractivity contribution in [1.82, 2.24) is 0 Å². The van der Waals surface area contributed by atoms with Crippen LogP contribution in [0.1, 0.15) is 12.0 Å². The van der Waals surface area contributed by atoms with Crippen molar-refractivity contribution in [2.24, 2.45) is 0 Å². The van der Waals surface area contributed by atoms with Crippen LogP contribution in [0.4, 0.5) is 3.89 Å². The Labute approximate surface area is 76.8 Å². The topological polar surface area (TPSA) is 0 Å². The lowest BCUT2D eigenvalue weighted by molar-refractivity contribution is 0.932. The summed E-state index contributed by atoms with van der Waals surface area (Å²) in [6.45, 7) is 3.65. The first-order valence-corrected chi connectivity index (χ1v) is 4.57. The molecule has 0 amide bonds. The smallest absolute Gasteiger partial charge is 0.0812 e. The molecule has 0 bridgehead atoms. The van der Waals surface area contributed by atoms with Gasteiger partial charge in [0.1, 0.15) is 0 Å². The van der Waals surface area contributed by atoms with E-state index in [0.717, 1.165) is 12.8 Å². The van der Waals surface area contributed by atoms with Crippen molar-refractivity contribution in [2.75, 3.05) is 0 Å². The van der Waals surface area contributed by atoms with Crippen LogP contribution in [-0.2, 0) is 6.42 Å². The minimum absolute atomic E-state index is 0.281. The Bertz CT molecular complexity index is 241. The number of allylic oxidation sites excluding steroid dienone is 1. The molecule has 1 aromatic carbocycles. The largest absolute Gasteiger partial charge is 0.160 e. The molecular formula is C10H11FS. The molecule has 12 heavy (non-hydrogen) atoms. The molecule has 0 spiro atoms. The molecule has 64 valence electrons.